The van der Waals surface area contributed by atoms with Crippen molar-refractivity contribution in [3.05, 3.63) is 0 Å². The summed E-state index contributed by atoms with van der Waals surface area (Å²) in [4.78, 5) is 0. The van der Waals surface area contributed by atoms with Crippen molar-refractivity contribution in [1.82, 2.24) is 0 Å². The molecule has 6 N–H and O–H groups in total. The first-order valence-corrected chi connectivity index (χ1v) is 9.94. The van der Waals surface area contributed by atoms with E-state index in [-0.39, 0.29) is 24.7 Å². The Morgan fingerprint density at radius 3 is 2.04 bits per heavy atom. The molecule has 6 heteroatoms. The Morgan fingerprint density at radius 1 is 0.808 bits per heavy atom. The molecule has 4 aliphatic carbocycles. The highest BCUT2D eigenvalue weighted by Crippen LogP contribution is 2.69. The zero-order valence-corrected chi connectivity index (χ0v) is 16.2. The molecule has 150 valence electrons. The number of aliphatic hydroxyl groups excluding tert-OH is 3. The number of fused-ring (bicyclic) bond motifs is 2. The van der Waals surface area contributed by atoms with Crippen LogP contribution in [0.25, 0.3) is 0 Å². The van der Waals surface area contributed by atoms with Gasteiger partial charge in [0.1, 0.15) is 5.60 Å². The van der Waals surface area contributed by atoms with Crippen LogP contribution in [0.4, 0.5) is 0 Å². The Morgan fingerprint density at radius 2 is 1.42 bits per heavy atom. The summed E-state index contributed by atoms with van der Waals surface area (Å²) in [6.45, 7) is 6.87. The van der Waals surface area contributed by atoms with Gasteiger partial charge in [0.2, 0.25) is 0 Å². The van der Waals surface area contributed by atoms with Crippen LogP contribution in [0, 0.1) is 28.6 Å². The van der Waals surface area contributed by atoms with E-state index >= 15 is 0 Å². The maximum absolute atomic E-state index is 11.7. The quantitative estimate of drug-likeness (QED) is 0.361. The second-order valence-corrected chi connectivity index (χ2v) is 10.7. The monoisotopic (exact) mass is 370 g/mol. The van der Waals surface area contributed by atoms with E-state index in [2.05, 4.69) is 0 Å². The van der Waals surface area contributed by atoms with E-state index in [4.69, 9.17) is 0 Å². The Kier molecular flexibility index (Phi) is 3.69. The molecule has 0 aromatic carbocycles. The van der Waals surface area contributed by atoms with Gasteiger partial charge in [0, 0.05) is 22.7 Å². The first-order valence-electron chi connectivity index (χ1n) is 9.94. The summed E-state index contributed by atoms with van der Waals surface area (Å²) in [6, 6.07) is 0. The summed E-state index contributed by atoms with van der Waals surface area (Å²) in [5.74, 6) is -1.34. The molecule has 0 saturated heterocycles. The second-order valence-electron chi connectivity index (χ2n) is 10.7. The van der Waals surface area contributed by atoms with Gasteiger partial charge in [0.05, 0.1) is 29.5 Å². The van der Waals surface area contributed by atoms with Gasteiger partial charge in [-0.1, -0.05) is 13.8 Å². The third kappa shape index (κ3) is 1.89. The lowest BCUT2D eigenvalue weighted by Gasteiger charge is -2.51. The molecule has 4 saturated carbocycles. The van der Waals surface area contributed by atoms with Crippen LogP contribution < -0.4 is 0 Å². The molecular formula is C20H34O6. The molecule has 0 aliphatic heterocycles. The van der Waals surface area contributed by atoms with Crippen LogP contribution in [0.2, 0.25) is 0 Å². The zero-order chi connectivity index (χ0) is 19.5. The van der Waals surface area contributed by atoms with Crippen LogP contribution in [-0.4, -0.2) is 65.8 Å². The van der Waals surface area contributed by atoms with E-state index in [1.807, 2.05) is 0 Å². The number of hydrogen-bond donors (Lipinski definition) is 6. The molecule has 0 heterocycles. The first kappa shape index (κ1) is 19.1. The normalized spacial score (nSPS) is 63.9. The van der Waals surface area contributed by atoms with Gasteiger partial charge in [-0.25, -0.2) is 0 Å². The predicted molar refractivity (Wildman–Crippen MR) is 94.0 cm³/mol. The van der Waals surface area contributed by atoms with Gasteiger partial charge in [0.15, 0.2) is 0 Å². The van der Waals surface area contributed by atoms with Crippen molar-refractivity contribution in [2.75, 3.05) is 0 Å². The maximum atomic E-state index is 11.7. The molecule has 26 heavy (non-hydrogen) atoms. The minimum atomic E-state index is -1.66. The van der Waals surface area contributed by atoms with Crippen LogP contribution in [0.15, 0.2) is 0 Å². The number of rotatable bonds is 0. The average molecular weight is 370 g/mol. The fourth-order valence-corrected chi connectivity index (χ4v) is 7.80. The summed E-state index contributed by atoms with van der Waals surface area (Å²) in [7, 11) is 0. The summed E-state index contributed by atoms with van der Waals surface area (Å²) < 4.78 is 0. The fourth-order valence-electron chi connectivity index (χ4n) is 7.80. The Hall–Kier alpha value is -0.240. The molecule has 0 unspecified atom stereocenters. The molecule has 4 aliphatic rings. The minimum Gasteiger partial charge on any atom is -0.392 e. The Bertz CT molecular complexity index is 615. The number of aliphatic hydroxyl groups is 6. The molecule has 1 spiro atoms. The van der Waals surface area contributed by atoms with Gasteiger partial charge in [-0.2, -0.15) is 0 Å². The Balaban J connectivity index is 1.89. The molecule has 4 rings (SSSR count). The van der Waals surface area contributed by atoms with Crippen LogP contribution in [0.1, 0.15) is 59.8 Å². The molecule has 0 aromatic heterocycles. The predicted octanol–water partition coefficient (Wildman–Crippen LogP) is 0.168. The van der Waals surface area contributed by atoms with Crippen molar-refractivity contribution in [3.63, 3.8) is 0 Å². The van der Waals surface area contributed by atoms with Crippen LogP contribution in [0.3, 0.4) is 0 Å². The van der Waals surface area contributed by atoms with E-state index in [0.717, 1.165) is 0 Å². The van der Waals surface area contributed by atoms with Crippen LogP contribution in [-0.2, 0) is 0 Å². The lowest BCUT2D eigenvalue weighted by Crippen LogP contribution is -2.60. The zero-order valence-electron chi connectivity index (χ0n) is 16.2. The summed E-state index contributed by atoms with van der Waals surface area (Å²) in [6.07, 6.45) is -1.01. The smallest absolute Gasteiger partial charge is 0.104 e. The molecule has 6 nitrogen and oxygen atoms in total. The van der Waals surface area contributed by atoms with E-state index < -0.39 is 51.9 Å². The fraction of sp³-hybridized carbons (Fsp3) is 1.00. The average Bonchev–Trinajstić information content (AvgIpc) is 2.72. The van der Waals surface area contributed by atoms with Gasteiger partial charge in [0.25, 0.3) is 0 Å². The van der Waals surface area contributed by atoms with Crippen molar-refractivity contribution in [2.24, 2.45) is 28.6 Å². The van der Waals surface area contributed by atoms with E-state index in [1.54, 1.807) is 27.7 Å². The SMILES string of the molecule is CC1(C)[C@@H](O)C[C@H]2[C@](C)(O)[C@@H]3CC[C@@H]4[C@H](O)[C@@]3(C[C@@H](O)[C@@]21O)C[C@@]4(C)O. The van der Waals surface area contributed by atoms with Gasteiger partial charge in [-0.05, 0) is 51.9 Å². The van der Waals surface area contributed by atoms with Gasteiger partial charge in [-0.3, -0.25) is 0 Å². The summed E-state index contributed by atoms with van der Waals surface area (Å²) in [5.41, 5.74) is -5.91. The highest BCUT2D eigenvalue weighted by Gasteiger charge is 2.76. The lowest BCUT2D eigenvalue weighted by atomic mass is 9.57. The van der Waals surface area contributed by atoms with Crippen molar-refractivity contribution >= 4 is 0 Å². The second kappa shape index (κ2) is 5.02. The highest BCUT2D eigenvalue weighted by atomic mass is 16.4. The lowest BCUT2D eigenvalue weighted by molar-refractivity contribution is -0.201. The molecule has 0 radical (unpaired) electrons. The molecule has 2 bridgehead atoms. The van der Waals surface area contributed by atoms with Crippen molar-refractivity contribution < 1.29 is 30.6 Å². The Labute approximate surface area is 154 Å². The molecule has 4 fully saturated rings. The molecule has 10 atom stereocenters. The summed E-state index contributed by atoms with van der Waals surface area (Å²) >= 11 is 0. The van der Waals surface area contributed by atoms with Crippen molar-refractivity contribution in [1.29, 1.82) is 0 Å². The van der Waals surface area contributed by atoms with Crippen molar-refractivity contribution in [2.45, 2.75) is 94.9 Å². The van der Waals surface area contributed by atoms with E-state index in [9.17, 15) is 30.6 Å². The molecule has 0 aromatic rings. The largest absolute Gasteiger partial charge is 0.392 e. The molecule has 0 amide bonds. The van der Waals surface area contributed by atoms with Crippen molar-refractivity contribution in [3.8, 4) is 0 Å². The summed E-state index contributed by atoms with van der Waals surface area (Å²) in [5, 5.41) is 67.1. The first-order chi connectivity index (χ1) is 11.7. The standard InChI is InChI=1S/C20H34O6/c1-16(2)13(21)7-12-18(4,25)11-6-5-10-15(23)19(11,9-17(10,3)24)8-14(22)20(12,16)26/h10-15,21-26H,5-9H2,1-4H3/t10-,11+,12+,13+,14-,15+,17-,18-,19+,20+/m1/s1. The highest BCUT2D eigenvalue weighted by molar-refractivity contribution is 5.25. The van der Waals surface area contributed by atoms with Crippen LogP contribution in [0.5, 0.6) is 0 Å². The van der Waals surface area contributed by atoms with Gasteiger partial charge in [-0.15, -0.1) is 0 Å². The maximum Gasteiger partial charge on any atom is 0.104 e. The van der Waals surface area contributed by atoms with Gasteiger partial charge < -0.3 is 30.6 Å². The van der Waals surface area contributed by atoms with Gasteiger partial charge >= 0.3 is 0 Å². The van der Waals surface area contributed by atoms with E-state index in [1.165, 1.54) is 0 Å². The number of hydrogen-bond acceptors (Lipinski definition) is 6. The third-order valence-electron chi connectivity index (χ3n) is 9.26. The topological polar surface area (TPSA) is 121 Å². The minimum absolute atomic E-state index is 0.116. The third-order valence-corrected chi connectivity index (χ3v) is 9.26. The molecular weight excluding hydrogens is 336 g/mol. The van der Waals surface area contributed by atoms with Crippen LogP contribution >= 0.6 is 0 Å². The van der Waals surface area contributed by atoms with E-state index in [0.29, 0.717) is 19.3 Å².